The van der Waals surface area contributed by atoms with Crippen LogP contribution in [0.3, 0.4) is 0 Å². The van der Waals surface area contributed by atoms with Gasteiger partial charge in [-0.2, -0.15) is 5.10 Å². The minimum Gasteiger partial charge on any atom is -0.383 e. The first-order valence-electron chi connectivity index (χ1n) is 9.22. The van der Waals surface area contributed by atoms with Crippen LogP contribution in [0.5, 0.6) is 0 Å². The van der Waals surface area contributed by atoms with Crippen molar-refractivity contribution in [2.24, 2.45) is 0 Å². The highest BCUT2D eigenvalue weighted by atomic mass is 16.2. The molecule has 5 rings (SSSR count). The lowest BCUT2D eigenvalue weighted by Gasteiger charge is -2.32. The fraction of sp³-hybridized carbons (Fsp3) is 0.190. The minimum absolute atomic E-state index is 0.0480. The van der Waals surface area contributed by atoms with Gasteiger partial charge in [-0.05, 0) is 38.1 Å². The number of benzene rings is 1. The Bertz CT molecular complexity index is 1200. The van der Waals surface area contributed by atoms with Crippen LogP contribution in [0.25, 0.3) is 16.8 Å². The Hall–Kier alpha value is -3.61. The number of pyridine rings is 1. The lowest BCUT2D eigenvalue weighted by Crippen LogP contribution is -2.42. The number of amides is 1. The molecule has 0 fully saturated rings. The Kier molecular flexibility index (Phi) is 3.52. The lowest BCUT2D eigenvalue weighted by atomic mass is 10.0. The fourth-order valence-corrected chi connectivity index (χ4v) is 3.78. The van der Waals surface area contributed by atoms with Crippen LogP contribution in [0.15, 0.2) is 55.0 Å². The number of anilines is 2. The summed E-state index contributed by atoms with van der Waals surface area (Å²) in [5.74, 6) is 0.506. The number of nitrogens with two attached hydrogens (primary N) is 1. The maximum atomic E-state index is 13.4. The van der Waals surface area contributed by atoms with Crippen LogP contribution in [0.1, 0.15) is 29.0 Å². The third-order valence-corrected chi connectivity index (χ3v) is 5.30. The molecule has 0 aliphatic carbocycles. The summed E-state index contributed by atoms with van der Waals surface area (Å²) in [6, 6.07) is 11.9. The highest BCUT2D eigenvalue weighted by molar-refractivity contribution is 6.09. The van der Waals surface area contributed by atoms with Crippen molar-refractivity contribution in [3.63, 3.8) is 0 Å². The molecule has 140 valence electrons. The highest BCUT2D eigenvalue weighted by Crippen LogP contribution is 2.33. The molecule has 0 radical (unpaired) electrons. The number of hydrogen-bond acceptors (Lipinski definition) is 4. The molecule has 0 saturated heterocycles. The second kappa shape index (κ2) is 5.95. The normalized spacial score (nSPS) is 16.6. The van der Waals surface area contributed by atoms with Crippen molar-refractivity contribution in [3.05, 3.63) is 66.2 Å². The van der Waals surface area contributed by atoms with E-state index in [1.54, 1.807) is 12.4 Å². The SMILES string of the molecule is Cc1ccc(N2C[C@H](C)n3ncc(-c4ccc5ncc(N)n5c4)c3C2=O)cc1. The maximum absolute atomic E-state index is 13.4. The van der Waals surface area contributed by atoms with Gasteiger partial charge in [0.1, 0.15) is 17.2 Å². The van der Waals surface area contributed by atoms with Crippen LogP contribution in [-0.4, -0.2) is 31.6 Å². The van der Waals surface area contributed by atoms with E-state index >= 15 is 0 Å². The number of rotatable bonds is 2. The zero-order chi connectivity index (χ0) is 19.4. The summed E-state index contributed by atoms with van der Waals surface area (Å²) < 4.78 is 3.64. The van der Waals surface area contributed by atoms with Crippen LogP contribution in [0, 0.1) is 6.92 Å². The molecule has 3 aromatic heterocycles. The number of hydrogen-bond donors (Lipinski definition) is 1. The molecular formula is C21H20N6O. The number of imidazole rings is 1. The van der Waals surface area contributed by atoms with Crippen molar-refractivity contribution in [2.45, 2.75) is 19.9 Å². The van der Waals surface area contributed by atoms with Gasteiger partial charge in [0.15, 0.2) is 0 Å². The first-order chi connectivity index (χ1) is 13.5. The topological polar surface area (TPSA) is 81.4 Å². The van der Waals surface area contributed by atoms with Gasteiger partial charge in [0, 0.05) is 29.6 Å². The predicted octanol–water partition coefficient (Wildman–Crippen LogP) is 3.31. The van der Waals surface area contributed by atoms with Gasteiger partial charge in [-0.3, -0.25) is 13.9 Å². The van der Waals surface area contributed by atoms with E-state index in [1.807, 2.05) is 63.5 Å². The van der Waals surface area contributed by atoms with Crippen molar-refractivity contribution in [1.82, 2.24) is 19.2 Å². The van der Waals surface area contributed by atoms with E-state index in [-0.39, 0.29) is 11.9 Å². The van der Waals surface area contributed by atoms with Gasteiger partial charge in [0.2, 0.25) is 0 Å². The van der Waals surface area contributed by atoms with Crippen LogP contribution in [0.4, 0.5) is 11.5 Å². The molecule has 1 aromatic carbocycles. The first kappa shape index (κ1) is 16.6. The summed E-state index contributed by atoms with van der Waals surface area (Å²) in [7, 11) is 0. The number of aryl methyl sites for hydroxylation is 1. The van der Waals surface area contributed by atoms with Gasteiger partial charge in [-0.1, -0.05) is 17.7 Å². The fourth-order valence-electron chi connectivity index (χ4n) is 3.78. The van der Waals surface area contributed by atoms with Crippen molar-refractivity contribution in [2.75, 3.05) is 17.2 Å². The summed E-state index contributed by atoms with van der Waals surface area (Å²) >= 11 is 0. The zero-order valence-electron chi connectivity index (χ0n) is 15.7. The van der Waals surface area contributed by atoms with E-state index in [4.69, 9.17) is 5.73 Å². The number of carbonyl (C=O) groups excluding carboxylic acids is 1. The molecule has 2 N–H and O–H groups in total. The van der Waals surface area contributed by atoms with Gasteiger partial charge in [0.25, 0.3) is 5.91 Å². The van der Waals surface area contributed by atoms with E-state index in [0.29, 0.717) is 18.1 Å². The highest BCUT2D eigenvalue weighted by Gasteiger charge is 2.33. The van der Waals surface area contributed by atoms with E-state index in [1.165, 1.54) is 5.56 Å². The van der Waals surface area contributed by atoms with Gasteiger partial charge in [-0.25, -0.2) is 4.98 Å². The van der Waals surface area contributed by atoms with Crippen LogP contribution in [-0.2, 0) is 0 Å². The van der Waals surface area contributed by atoms with E-state index in [2.05, 4.69) is 17.0 Å². The third kappa shape index (κ3) is 2.40. The van der Waals surface area contributed by atoms with Crippen molar-refractivity contribution in [3.8, 4) is 11.1 Å². The van der Waals surface area contributed by atoms with E-state index < -0.39 is 0 Å². The van der Waals surface area contributed by atoms with Crippen LogP contribution < -0.4 is 10.6 Å². The average molecular weight is 372 g/mol. The molecule has 7 heteroatoms. The van der Waals surface area contributed by atoms with Crippen LogP contribution >= 0.6 is 0 Å². The molecule has 1 atom stereocenters. The van der Waals surface area contributed by atoms with Crippen molar-refractivity contribution in [1.29, 1.82) is 0 Å². The number of nitrogens with zero attached hydrogens (tertiary/aromatic N) is 5. The molecule has 7 nitrogen and oxygen atoms in total. The Morgan fingerprint density at radius 2 is 1.89 bits per heavy atom. The van der Waals surface area contributed by atoms with Gasteiger partial charge in [0.05, 0.1) is 18.4 Å². The van der Waals surface area contributed by atoms with E-state index in [0.717, 1.165) is 22.5 Å². The quantitative estimate of drug-likeness (QED) is 0.585. The Morgan fingerprint density at radius 1 is 1.11 bits per heavy atom. The summed E-state index contributed by atoms with van der Waals surface area (Å²) in [4.78, 5) is 19.5. The second-order valence-corrected chi connectivity index (χ2v) is 7.28. The van der Waals surface area contributed by atoms with Gasteiger partial charge >= 0.3 is 0 Å². The molecule has 0 unspecified atom stereocenters. The Balaban J connectivity index is 1.63. The summed E-state index contributed by atoms with van der Waals surface area (Å²) in [5, 5.41) is 4.51. The molecule has 4 heterocycles. The first-order valence-corrected chi connectivity index (χ1v) is 9.22. The smallest absolute Gasteiger partial charge is 0.277 e. The average Bonchev–Trinajstić information content (AvgIpc) is 3.30. The van der Waals surface area contributed by atoms with Crippen molar-refractivity contribution < 1.29 is 4.79 Å². The van der Waals surface area contributed by atoms with Gasteiger partial charge in [-0.15, -0.1) is 0 Å². The number of carbonyl (C=O) groups is 1. The molecular weight excluding hydrogens is 352 g/mol. The zero-order valence-corrected chi connectivity index (χ0v) is 15.7. The summed E-state index contributed by atoms with van der Waals surface area (Å²) in [6.07, 6.45) is 5.29. The molecule has 1 aliphatic heterocycles. The van der Waals surface area contributed by atoms with E-state index in [9.17, 15) is 4.79 Å². The third-order valence-electron chi connectivity index (χ3n) is 5.30. The van der Waals surface area contributed by atoms with Gasteiger partial charge < -0.3 is 10.6 Å². The maximum Gasteiger partial charge on any atom is 0.277 e. The van der Waals surface area contributed by atoms with Crippen molar-refractivity contribution >= 4 is 23.1 Å². The molecule has 1 amide bonds. The second-order valence-electron chi connectivity index (χ2n) is 7.28. The molecule has 4 aromatic rings. The molecule has 28 heavy (non-hydrogen) atoms. The minimum atomic E-state index is -0.0480. The Labute approximate surface area is 162 Å². The standard InChI is InChI=1S/C21H20N6O/c1-13-3-6-16(7-4-13)25-11-14(2)27-20(21(25)28)17(9-24-27)15-5-8-19-23-10-18(22)26(19)12-15/h3-10,12,14H,11,22H2,1-2H3/t14-/m0/s1. The number of fused-ring (bicyclic) bond motifs is 2. The lowest BCUT2D eigenvalue weighted by molar-refractivity contribution is 0.0954. The molecule has 0 saturated carbocycles. The number of aromatic nitrogens is 4. The Morgan fingerprint density at radius 3 is 2.68 bits per heavy atom. The summed E-state index contributed by atoms with van der Waals surface area (Å²) in [6.45, 7) is 4.70. The molecule has 0 spiro atoms. The monoisotopic (exact) mass is 372 g/mol. The largest absolute Gasteiger partial charge is 0.383 e. The van der Waals surface area contributed by atoms with Crippen LogP contribution in [0.2, 0.25) is 0 Å². The predicted molar refractivity (Wildman–Crippen MR) is 108 cm³/mol. The number of nitrogen functional groups attached to an aromatic ring is 1. The molecule has 1 aliphatic rings. The summed E-state index contributed by atoms with van der Waals surface area (Å²) in [5.41, 5.74) is 11.1. The molecule has 0 bridgehead atoms.